The van der Waals surface area contributed by atoms with E-state index in [2.05, 4.69) is 18.9 Å². The predicted octanol–water partition coefficient (Wildman–Crippen LogP) is 1.90. The number of hydrogen-bond acceptors (Lipinski definition) is 4. The van der Waals surface area contributed by atoms with E-state index in [4.69, 9.17) is 10.5 Å². The van der Waals surface area contributed by atoms with Crippen LogP contribution in [-0.4, -0.2) is 22.4 Å². The largest absolute Gasteiger partial charge is 0.461 e. The molecule has 0 spiro atoms. The lowest BCUT2D eigenvalue weighted by Gasteiger charge is -2.12. The van der Waals surface area contributed by atoms with E-state index < -0.39 is 5.97 Å². The minimum absolute atomic E-state index is 0.341. The Hall–Kier alpha value is -1.52. The summed E-state index contributed by atoms with van der Waals surface area (Å²) < 4.78 is 6.74. The lowest BCUT2D eigenvalue weighted by Crippen LogP contribution is -2.17. The molecule has 0 aliphatic heterocycles. The summed E-state index contributed by atoms with van der Waals surface area (Å²) in [6.07, 6.45) is 2.01. The number of carbonyl (C=O) groups excluding carboxylic acids is 1. The van der Waals surface area contributed by atoms with Crippen molar-refractivity contribution < 1.29 is 9.53 Å². The Morgan fingerprint density at radius 3 is 2.47 bits per heavy atom. The summed E-state index contributed by atoms with van der Waals surface area (Å²) in [5.41, 5.74) is 7.19. The fourth-order valence-corrected chi connectivity index (χ4v) is 1.70. The normalized spacial score (nSPS) is 10.9. The zero-order valence-corrected chi connectivity index (χ0v) is 11.0. The van der Waals surface area contributed by atoms with Gasteiger partial charge < -0.3 is 10.5 Å². The average molecular weight is 239 g/mol. The first-order valence-corrected chi connectivity index (χ1v) is 5.97. The van der Waals surface area contributed by atoms with Crippen molar-refractivity contribution in [3.63, 3.8) is 0 Å². The average Bonchev–Trinajstić information content (AvgIpc) is 2.54. The molecular weight excluding hydrogens is 218 g/mol. The van der Waals surface area contributed by atoms with Crippen LogP contribution in [-0.2, 0) is 11.8 Å². The number of nitrogens with two attached hydrogens (primary N) is 1. The van der Waals surface area contributed by atoms with Gasteiger partial charge >= 0.3 is 5.97 Å². The van der Waals surface area contributed by atoms with Crippen molar-refractivity contribution in [1.29, 1.82) is 0 Å². The number of aromatic nitrogens is 2. The Morgan fingerprint density at radius 2 is 2.06 bits per heavy atom. The van der Waals surface area contributed by atoms with Gasteiger partial charge in [-0.05, 0) is 12.8 Å². The van der Waals surface area contributed by atoms with Crippen molar-refractivity contribution >= 4 is 11.7 Å². The number of nitrogen functional groups attached to an aromatic ring is 1. The van der Waals surface area contributed by atoms with Crippen LogP contribution in [0.15, 0.2) is 0 Å². The molecule has 0 aliphatic rings. The summed E-state index contributed by atoms with van der Waals surface area (Å²) in [6, 6.07) is 0. The van der Waals surface area contributed by atoms with Crippen molar-refractivity contribution in [1.82, 2.24) is 9.78 Å². The van der Waals surface area contributed by atoms with E-state index in [1.54, 1.807) is 14.0 Å². The zero-order valence-electron chi connectivity index (χ0n) is 11.0. The summed E-state index contributed by atoms with van der Waals surface area (Å²) in [6.45, 7) is 6.39. The Labute approximate surface area is 102 Å². The Kier molecular flexibility index (Phi) is 4.54. The van der Waals surface area contributed by atoms with Crippen molar-refractivity contribution in [2.24, 2.45) is 13.0 Å². The molecule has 2 N–H and O–H groups in total. The molecule has 1 rings (SSSR count). The molecule has 5 heteroatoms. The molecule has 0 radical (unpaired) electrons. The van der Waals surface area contributed by atoms with Crippen LogP contribution in [0.4, 0.5) is 5.69 Å². The first kappa shape index (κ1) is 13.5. The molecule has 0 saturated carbocycles. The molecule has 17 heavy (non-hydrogen) atoms. The number of aryl methyl sites for hydroxylation is 2. The lowest BCUT2D eigenvalue weighted by atomic mass is 10.1. The SMILES string of the molecule is CCC(CC)COC(=O)c1c(N)c(C)nn1C. The summed E-state index contributed by atoms with van der Waals surface area (Å²) in [7, 11) is 1.69. The van der Waals surface area contributed by atoms with Crippen LogP contribution in [0.1, 0.15) is 42.9 Å². The lowest BCUT2D eigenvalue weighted by molar-refractivity contribution is 0.0422. The molecule has 5 nitrogen and oxygen atoms in total. The molecule has 0 atom stereocenters. The Balaban J connectivity index is 2.70. The van der Waals surface area contributed by atoms with Crippen LogP contribution < -0.4 is 5.73 Å². The van der Waals surface area contributed by atoms with Crippen molar-refractivity contribution in [2.45, 2.75) is 33.6 Å². The smallest absolute Gasteiger partial charge is 0.358 e. The molecule has 1 aromatic rings. The Morgan fingerprint density at radius 1 is 1.47 bits per heavy atom. The molecule has 0 amide bonds. The van der Waals surface area contributed by atoms with Crippen LogP contribution >= 0.6 is 0 Å². The van der Waals surface area contributed by atoms with E-state index in [1.165, 1.54) is 4.68 Å². The first-order valence-electron chi connectivity index (χ1n) is 5.97. The minimum atomic E-state index is -0.391. The number of esters is 1. The molecule has 0 aromatic carbocycles. The highest BCUT2D eigenvalue weighted by molar-refractivity contribution is 5.93. The van der Waals surface area contributed by atoms with Gasteiger partial charge in [-0.3, -0.25) is 4.68 Å². The molecule has 1 heterocycles. The summed E-state index contributed by atoms with van der Waals surface area (Å²) >= 11 is 0. The third-order valence-corrected chi connectivity index (χ3v) is 3.07. The summed E-state index contributed by atoms with van der Waals surface area (Å²) in [5.74, 6) is 0.0204. The van der Waals surface area contributed by atoms with E-state index in [9.17, 15) is 4.79 Å². The highest BCUT2D eigenvalue weighted by Crippen LogP contribution is 2.17. The van der Waals surface area contributed by atoms with E-state index in [0.29, 0.717) is 29.6 Å². The van der Waals surface area contributed by atoms with Gasteiger partial charge in [0.15, 0.2) is 5.69 Å². The van der Waals surface area contributed by atoms with Gasteiger partial charge in [0.2, 0.25) is 0 Å². The van der Waals surface area contributed by atoms with E-state index in [-0.39, 0.29) is 0 Å². The number of rotatable bonds is 5. The second-order valence-electron chi connectivity index (χ2n) is 4.25. The molecule has 96 valence electrons. The fourth-order valence-electron chi connectivity index (χ4n) is 1.70. The van der Waals surface area contributed by atoms with Crippen LogP contribution in [0.3, 0.4) is 0 Å². The monoisotopic (exact) mass is 239 g/mol. The van der Waals surface area contributed by atoms with Gasteiger partial charge in [0.25, 0.3) is 0 Å². The standard InChI is InChI=1S/C12H21N3O2/c1-5-9(6-2)7-17-12(16)11-10(13)8(3)14-15(11)4/h9H,5-7,13H2,1-4H3. The molecule has 1 aromatic heterocycles. The van der Waals surface area contributed by atoms with Gasteiger partial charge in [0.1, 0.15) is 0 Å². The highest BCUT2D eigenvalue weighted by Gasteiger charge is 2.20. The maximum atomic E-state index is 11.9. The highest BCUT2D eigenvalue weighted by atomic mass is 16.5. The first-order chi connectivity index (χ1) is 8.01. The van der Waals surface area contributed by atoms with Crippen molar-refractivity contribution in [3.8, 4) is 0 Å². The van der Waals surface area contributed by atoms with Crippen molar-refractivity contribution in [3.05, 3.63) is 11.4 Å². The van der Waals surface area contributed by atoms with Gasteiger partial charge in [0, 0.05) is 7.05 Å². The molecule has 0 bridgehead atoms. The topological polar surface area (TPSA) is 70.1 Å². The number of ether oxygens (including phenoxy) is 1. The molecule has 0 unspecified atom stereocenters. The summed E-state index contributed by atoms with van der Waals surface area (Å²) in [5, 5.41) is 4.09. The van der Waals surface area contributed by atoms with Crippen LogP contribution in [0.25, 0.3) is 0 Å². The number of nitrogens with zero attached hydrogens (tertiary/aromatic N) is 2. The predicted molar refractivity (Wildman–Crippen MR) is 66.7 cm³/mol. The third-order valence-electron chi connectivity index (χ3n) is 3.07. The van der Waals surface area contributed by atoms with Gasteiger partial charge in [-0.15, -0.1) is 0 Å². The second kappa shape index (κ2) is 5.70. The molecular formula is C12H21N3O2. The third kappa shape index (κ3) is 2.99. The number of hydrogen-bond donors (Lipinski definition) is 1. The van der Waals surface area contributed by atoms with Gasteiger partial charge in [-0.1, -0.05) is 26.7 Å². The minimum Gasteiger partial charge on any atom is -0.461 e. The number of carbonyl (C=O) groups is 1. The molecule has 0 aliphatic carbocycles. The quantitative estimate of drug-likeness (QED) is 0.797. The number of anilines is 1. The zero-order chi connectivity index (χ0) is 13.0. The van der Waals surface area contributed by atoms with Crippen LogP contribution in [0, 0.1) is 12.8 Å². The second-order valence-corrected chi connectivity index (χ2v) is 4.25. The molecule has 0 saturated heterocycles. The van der Waals surface area contributed by atoms with Crippen LogP contribution in [0.5, 0.6) is 0 Å². The fraction of sp³-hybridized carbons (Fsp3) is 0.667. The van der Waals surface area contributed by atoms with Crippen LogP contribution in [0.2, 0.25) is 0 Å². The molecule has 0 fully saturated rings. The van der Waals surface area contributed by atoms with Gasteiger partial charge in [-0.2, -0.15) is 5.10 Å². The Bertz CT molecular complexity index is 395. The maximum absolute atomic E-state index is 11.9. The summed E-state index contributed by atoms with van der Waals surface area (Å²) in [4.78, 5) is 11.9. The maximum Gasteiger partial charge on any atom is 0.358 e. The van der Waals surface area contributed by atoms with E-state index in [0.717, 1.165) is 12.8 Å². The van der Waals surface area contributed by atoms with Gasteiger partial charge in [-0.25, -0.2) is 4.79 Å². The van der Waals surface area contributed by atoms with E-state index in [1.807, 2.05) is 0 Å². The van der Waals surface area contributed by atoms with E-state index >= 15 is 0 Å². The van der Waals surface area contributed by atoms with Crippen molar-refractivity contribution in [2.75, 3.05) is 12.3 Å². The van der Waals surface area contributed by atoms with Gasteiger partial charge in [0.05, 0.1) is 18.0 Å².